The van der Waals surface area contributed by atoms with Crippen LogP contribution in [0.5, 0.6) is 0 Å². The Bertz CT molecular complexity index is 1180. The average molecular weight is 441 g/mol. The van der Waals surface area contributed by atoms with Gasteiger partial charge in [-0.05, 0) is 81.3 Å². The molecule has 0 spiro atoms. The molecule has 3 aliphatic carbocycles. The maximum atomic E-state index is 13.3. The Morgan fingerprint density at radius 2 is 1.65 bits per heavy atom. The van der Waals surface area contributed by atoms with Crippen molar-refractivity contribution < 1.29 is 14.4 Å². The topological polar surface area (TPSA) is 95.7 Å². The Morgan fingerprint density at radius 3 is 2.26 bits per heavy atom. The quantitative estimate of drug-likeness (QED) is 0.711. The van der Waals surface area contributed by atoms with Gasteiger partial charge in [0.15, 0.2) is 0 Å². The highest BCUT2D eigenvalue weighted by atomic mass is 31.2. The van der Waals surface area contributed by atoms with E-state index in [1.807, 2.05) is 12.1 Å². The lowest BCUT2D eigenvalue weighted by molar-refractivity contribution is -0.122. The Labute approximate surface area is 180 Å². The summed E-state index contributed by atoms with van der Waals surface area (Å²) in [7, 11) is -4.75. The lowest BCUT2D eigenvalue weighted by Gasteiger charge is -2.62. The van der Waals surface area contributed by atoms with E-state index in [9.17, 15) is 19.1 Å². The van der Waals surface area contributed by atoms with Crippen LogP contribution in [0.3, 0.4) is 0 Å². The van der Waals surface area contributed by atoms with E-state index in [1.165, 1.54) is 38.5 Å². The highest BCUT2D eigenvalue weighted by Crippen LogP contribution is 2.70. The predicted octanol–water partition coefficient (Wildman–Crippen LogP) is 2.56. The van der Waals surface area contributed by atoms with Crippen LogP contribution in [0.1, 0.15) is 57.4 Å². The minimum atomic E-state index is -4.75. The second kappa shape index (κ2) is 6.07. The van der Waals surface area contributed by atoms with Crippen LogP contribution in [-0.2, 0) is 4.57 Å². The summed E-state index contributed by atoms with van der Waals surface area (Å²) in [4.78, 5) is 39.8. The van der Waals surface area contributed by atoms with Crippen molar-refractivity contribution in [2.75, 3.05) is 0 Å². The summed E-state index contributed by atoms with van der Waals surface area (Å²) in [6.07, 6.45) is 9.74. The summed E-state index contributed by atoms with van der Waals surface area (Å²) >= 11 is 0. The van der Waals surface area contributed by atoms with Crippen LogP contribution >= 0.6 is 7.60 Å². The normalized spacial score (nSPS) is 41.1. The zero-order valence-electron chi connectivity index (χ0n) is 17.4. The third-order valence-electron chi connectivity index (χ3n) is 9.44. The molecule has 2 N–H and O–H groups in total. The van der Waals surface area contributed by atoms with E-state index in [4.69, 9.17) is 0 Å². The fourth-order valence-electron chi connectivity index (χ4n) is 8.65. The molecule has 5 fully saturated rings. The molecule has 164 valence electrons. The lowest BCUT2D eigenvalue weighted by atomic mass is 9.57. The molecule has 7 nitrogen and oxygen atoms in total. The molecular formula is C23H28N3O4P. The van der Waals surface area contributed by atoms with Crippen LogP contribution < -0.4 is 11.0 Å². The molecule has 7 rings (SSSR count). The monoisotopic (exact) mass is 441 g/mol. The van der Waals surface area contributed by atoms with Crippen LogP contribution in [0.2, 0.25) is 0 Å². The fraction of sp³-hybridized carbons (Fsp3) is 0.652. The number of rotatable bonds is 3. The third-order valence-corrected chi connectivity index (χ3v) is 10.3. The van der Waals surface area contributed by atoms with Gasteiger partial charge in [-0.15, -0.1) is 0 Å². The number of piperidine rings is 1. The van der Waals surface area contributed by atoms with Gasteiger partial charge in [0.1, 0.15) is 0 Å². The van der Waals surface area contributed by atoms with E-state index < -0.39 is 18.6 Å². The Balaban J connectivity index is 1.31. The molecule has 3 unspecified atom stereocenters. The van der Waals surface area contributed by atoms with Gasteiger partial charge in [0.05, 0.1) is 11.0 Å². The van der Waals surface area contributed by atoms with E-state index in [2.05, 4.69) is 9.88 Å². The molecule has 1 aromatic heterocycles. The standard InChI is InChI=1S/C23H28N3O4P/c27-22-21(31(28,29)30)24-19-3-1-2-4-20(19)25(22)18-10-16-5-6-17(11-18)26(16)23-12-13-7-14(23)9-15(23)8-13/h1-4,13-18H,5-12H2,(H2,28,29,30)/t13?,14?,15?,16-,17+,18?,23?. The summed E-state index contributed by atoms with van der Waals surface area (Å²) < 4.78 is 13.7. The van der Waals surface area contributed by atoms with Crippen LogP contribution in [0.4, 0.5) is 0 Å². The highest BCUT2D eigenvalue weighted by molar-refractivity contribution is 7.59. The molecule has 2 aliphatic heterocycles. The van der Waals surface area contributed by atoms with Crippen molar-refractivity contribution >= 4 is 24.1 Å². The summed E-state index contributed by atoms with van der Waals surface area (Å²) in [6.45, 7) is 0. The van der Waals surface area contributed by atoms with Gasteiger partial charge in [-0.1, -0.05) is 12.1 Å². The van der Waals surface area contributed by atoms with Gasteiger partial charge in [-0.25, -0.2) is 4.98 Å². The Hall–Kier alpha value is -1.53. The molecule has 3 saturated carbocycles. The smallest absolute Gasteiger partial charge is 0.320 e. The minimum absolute atomic E-state index is 0.0363. The molecule has 0 radical (unpaired) electrons. The van der Waals surface area contributed by atoms with E-state index in [1.54, 1.807) is 16.7 Å². The van der Waals surface area contributed by atoms with Crippen LogP contribution in [0.25, 0.3) is 11.0 Å². The van der Waals surface area contributed by atoms with Crippen molar-refractivity contribution in [3.05, 3.63) is 34.6 Å². The minimum Gasteiger partial charge on any atom is -0.320 e. The Kier molecular flexibility index (Phi) is 3.72. The molecule has 5 atom stereocenters. The maximum Gasteiger partial charge on any atom is 0.380 e. The zero-order valence-corrected chi connectivity index (χ0v) is 18.3. The maximum absolute atomic E-state index is 13.3. The van der Waals surface area contributed by atoms with Crippen molar-refractivity contribution in [1.29, 1.82) is 0 Å². The summed E-state index contributed by atoms with van der Waals surface area (Å²) in [5.74, 6) is 2.68. The number of aromatic nitrogens is 2. The second-order valence-corrected chi connectivity index (χ2v) is 12.2. The molecular weight excluding hydrogens is 413 g/mol. The molecule has 2 saturated heterocycles. The summed E-state index contributed by atoms with van der Waals surface area (Å²) in [6, 6.07) is 8.16. The predicted molar refractivity (Wildman–Crippen MR) is 116 cm³/mol. The first-order valence-electron chi connectivity index (χ1n) is 11.7. The van der Waals surface area contributed by atoms with Gasteiger partial charge < -0.3 is 14.4 Å². The van der Waals surface area contributed by atoms with E-state index in [-0.39, 0.29) is 6.04 Å². The van der Waals surface area contributed by atoms with E-state index in [0.29, 0.717) is 28.7 Å². The highest BCUT2D eigenvalue weighted by Gasteiger charge is 2.70. The first-order chi connectivity index (χ1) is 14.9. The van der Waals surface area contributed by atoms with Gasteiger partial charge in [0, 0.05) is 23.7 Å². The molecule has 3 heterocycles. The second-order valence-electron chi connectivity index (χ2n) is 10.7. The van der Waals surface area contributed by atoms with E-state index in [0.717, 1.165) is 30.6 Å². The van der Waals surface area contributed by atoms with Gasteiger partial charge in [-0.2, -0.15) is 0 Å². The number of hydrogen-bond acceptors (Lipinski definition) is 4. The van der Waals surface area contributed by atoms with Gasteiger partial charge in [0.2, 0.25) is 5.44 Å². The average Bonchev–Trinajstić information content (AvgIpc) is 3.27. The van der Waals surface area contributed by atoms with Gasteiger partial charge >= 0.3 is 7.60 Å². The largest absolute Gasteiger partial charge is 0.380 e. The molecule has 5 aliphatic rings. The SMILES string of the molecule is O=c1c(P(=O)(O)O)nc2ccccc2n1C1C[C@H]2CC[C@@H](C1)N2C12CC3CC1CC2C3. The molecule has 31 heavy (non-hydrogen) atoms. The van der Waals surface area contributed by atoms with Crippen molar-refractivity contribution in [2.24, 2.45) is 17.8 Å². The van der Waals surface area contributed by atoms with Crippen LogP contribution in [0, 0.1) is 17.8 Å². The van der Waals surface area contributed by atoms with Crippen molar-refractivity contribution in [2.45, 2.75) is 75.0 Å². The Morgan fingerprint density at radius 1 is 0.968 bits per heavy atom. The van der Waals surface area contributed by atoms with Crippen molar-refractivity contribution in [3.63, 3.8) is 0 Å². The number of nitrogens with zero attached hydrogens (tertiary/aromatic N) is 3. The number of hydrogen-bond donors (Lipinski definition) is 2. The number of benzene rings is 1. The number of para-hydroxylation sites is 2. The summed E-state index contributed by atoms with van der Waals surface area (Å²) in [5.41, 5.74) is 0.363. The molecule has 4 bridgehead atoms. The van der Waals surface area contributed by atoms with Crippen LogP contribution in [-0.4, -0.2) is 41.9 Å². The fourth-order valence-corrected chi connectivity index (χ4v) is 9.24. The summed E-state index contributed by atoms with van der Waals surface area (Å²) in [5, 5.41) is 0. The molecule has 2 aromatic rings. The van der Waals surface area contributed by atoms with E-state index >= 15 is 0 Å². The molecule has 1 aromatic carbocycles. The molecule has 8 heteroatoms. The lowest BCUT2D eigenvalue weighted by Crippen LogP contribution is -2.67. The van der Waals surface area contributed by atoms with Gasteiger partial charge in [0.25, 0.3) is 5.56 Å². The zero-order chi connectivity index (χ0) is 21.1. The number of fused-ring (bicyclic) bond motifs is 4. The first kappa shape index (κ1) is 19.0. The van der Waals surface area contributed by atoms with Crippen molar-refractivity contribution in [3.8, 4) is 0 Å². The van der Waals surface area contributed by atoms with Crippen LogP contribution in [0.15, 0.2) is 29.1 Å². The van der Waals surface area contributed by atoms with Gasteiger partial charge in [-0.3, -0.25) is 14.3 Å². The first-order valence-corrected chi connectivity index (χ1v) is 13.3. The molecule has 0 amide bonds. The third kappa shape index (κ3) is 2.38. The van der Waals surface area contributed by atoms with Crippen molar-refractivity contribution in [1.82, 2.24) is 14.5 Å².